The molecule has 0 saturated carbocycles. The summed E-state index contributed by atoms with van der Waals surface area (Å²) in [5, 5.41) is 0. The van der Waals surface area contributed by atoms with Gasteiger partial charge in [-0.05, 0) is 12.8 Å². The van der Waals surface area contributed by atoms with Gasteiger partial charge in [-0.15, -0.1) is 0 Å². The predicted octanol–water partition coefficient (Wildman–Crippen LogP) is 0.0376. The minimum Gasteiger partial charge on any atom is -0.377 e. The molecule has 0 unspecified atom stereocenters. The van der Waals surface area contributed by atoms with Crippen LogP contribution in [0.3, 0.4) is 0 Å². The van der Waals surface area contributed by atoms with Gasteiger partial charge in [-0.3, -0.25) is 4.79 Å². The second-order valence-electron chi connectivity index (χ2n) is 4.30. The third-order valence-corrected chi connectivity index (χ3v) is 3.37. The topological polar surface area (TPSA) is 48.0 Å². The molecule has 0 spiro atoms. The maximum atomic E-state index is 11.9. The smallest absolute Gasteiger partial charge is 0.248 e. The van der Waals surface area contributed by atoms with Gasteiger partial charge in [-0.25, -0.2) is 0 Å². The van der Waals surface area contributed by atoms with Crippen molar-refractivity contribution in [2.75, 3.05) is 34.0 Å². The molecule has 0 aromatic carbocycles. The predicted molar refractivity (Wildman–Crippen MR) is 57.1 cm³/mol. The van der Waals surface area contributed by atoms with Crippen molar-refractivity contribution in [3.63, 3.8) is 0 Å². The standard InChI is InChI=1S/C11H19NO4/c1-14-7-10(13)12-6-9(15-2)11-8(12)4-3-5-16-11/h8-9,11H,3-7H2,1-2H3/t8-,9+,11+/m0/s1. The zero-order chi connectivity index (χ0) is 11.5. The van der Waals surface area contributed by atoms with E-state index in [1.807, 2.05) is 4.90 Å². The van der Waals surface area contributed by atoms with Crippen molar-refractivity contribution in [2.24, 2.45) is 0 Å². The number of carbonyl (C=O) groups is 1. The maximum Gasteiger partial charge on any atom is 0.248 e. The van der Waals surface area contributed by atoms with Crippen LogP contribution in [-0.4, -0.2) is 63.0 Å². The molecular weight excluding hydrogens is 210 g/mol. The van der Waals surface area contributed by atoms with Gasteiger partial charge in [-0.1, -0.05) is 0 Å². The number of amides is 1. The number of fused-ring (bicyclic) bond motifs is 1. The molecule has 0 aromatic rings. The molecule has 0 N–H and O–H groups in total. The second kappa shape index (κ2) is 5.12. The average molecular weight is 229 g/mol. The monoisotopic (exact) mass is 229 g/mol. The van der Waals surface area contributed by atoms with E-state index in [2.05, 4.69) is 0 Å². The van der Waals surface area contributed by atoms with E-state index < -0.39 is 0 Å². The van der Waals surface area contributed by atoms with Crippen molar-refractivity contribution in [1.82, 2.24) is 4.90 Å². The fourth-order valence-corrected chi connectivity index (χ4v) is 2.61. The highest BCUT2D eigenvalue weighted by molar-refractivity contribution is 5.78. The third-order valence-electron chi connectivity index (χ3n) is 3.37. The molecule has 2 fully saturated rings. The zero-order valence-electron chi connectivity index (χ0n) is 9.85. The Morgan fingerprint density at radius 2 is 2.31 bits per heavy atom. The first-order valence-corrected chi connectivity index (χ1v) is 5.70. The van der Waals surface area contributed by atoms with E-state index >= 15 is 0 Å². The molecule has 2 saturated heterocycles. The molecule has 1 amide bonds. The molecule has 92 valence electrons. The Kier molecular flexibility index (Phi) is 3.78. The lowest BCUT2D eigenvalue weighted by atomic mass is 10.0. The second-order valence-corrected chi connectivity index (χ2v) is 4.30. The number of hydrogen-bond donors (Lipinski definition) is 0. The van der Waals surface area contributed by atoms with Gasteiger partial charge < -0.3 is 19.1 Å². The maximum absolute atomic E-state index is 11.9. The van der Waals surface area contributed by atoms with Crippen molar-refractivity contribution < 1.29 is 19.0 Å². The first-order valence-electron chi connectivity index (χ1n) is 5.70. The number of ether oxygens (including phenoxy) is 3. The van der Waals surface area contributed by atoms with Crippen molar-refractivity contribution in [1.29, 1.82) is 0 Å². The molecule has 0 aromatic heterocycles. The summed E-state index contributed by atoms with van der Waals surface area (Å²) in [5.74, 6) is 0.0301. The van der Waals surface area contributed by atoms with Crippen LogP contribution in [0.15, 0.2) is 0 Å². The van der Waals surface area contributed by atoms with Gasteiger partial charge in [0.1, 0.15) is 18.8 Å². The van der Waals surface area contributed by atoms with Crippen LogP contribution in [0.1, 0.15) is 12.8 Å². The van der Waals surface area contributed by atoms with Crippen molar-refractivity contribution in [3.8, 4) is 0 Å². The highest BCUT2D eigenvalue weighted by atomic mass is 16.5. The van der Waals surface area contributed by atoms with Gasteiger partial charge in [0.25, 0.3) is 0 Å². The SMILES string of the molecule is COCC(=O)N1C[C@@H](OC)[C@@H]2OCCC[C@@H]21. The van der Waals surface area contributed by atoms with Crippen LogP contribution >= 0.6 is 0 Å². The van der Waals surface area contributed by atoms with Gasteiger partial charge in [0, 0.05) is 27.4 Å². The quantitative estimate of drug-likeness (QED) is 0.685. The first-order chi connectivity index (χ1) is 7.77. The number of likely N-dealkylation sites (tertiary alicyclic amines) is 1. The lowest BCUT2D eigenvalue weighted by molar-refractivity contribution is -0.138. The van der Waals surface area contributed by atoms with E-state index in [0.717, 1.165) is 19.4 Å². The normalized spacial score (nSPS) is 33.9. The van der Waals surface area contributed by atoms with Crippen LogP contribution in [0, 0.1) is 0 Å². The molecule has 5 heteroatoms. The highest BCUT2D eigenvalue weighted by Gasteiger charge is 2.45. The Bertz CT molecular complexity index is 258. The summed E-state index contributed by atoms with van der Waals surface area (Å²) in [6.45, 7) is 1.53. The molecule has 2 heterocycles. The number of hydrogen-bond acceptors (Lipinski definition) is 4. The van der Waals surface area contributed by atoms with Crippen LogP contribution in [0.25, 0.3) is 0 Å². The molecule has 16 heavy (non-hydrogen) atoms. The van der Waals surface area contributed by atoms with E-state index in [9.17, 15) is 4.79 Å². The summed E-state index contributed by atoms with van der Waals surface area (Å²) < 4.78 is 16.0. The fraction of sp³-hybridized carbons (Fsp3) is 0.909. The van der Waals surface area contributed by atoms with Gasteiger partial charge >= 0.3 is 0 Å². The number of rotatable bonds is 3. The number of nitrogens with zero attached hydrogens (tertiary/aromatic N) is 1. The van der Waals surface area contributed by atoms with Gasteiger partial charge in [-0.2, -0.15) is 0 Å². The zero-order valence-corrected chi connectivity index (χ0v) is 9.85. The molecule has 3 atom stereocenters. The minimum absolute atomic E-state index is 0.00565. The summed E-state index contributed by atoms with van der Waals surface area (Å²) >= 11 is 0. The molecule has 0 aliphatic carbocycles. The number of methoxy groups -OCH3 is 2. The van der Waals surface area contributed by atoms with Gasteiger partial charge in [0.2, 0.25) is 5.91 Å². The Hall–Kier alpha value is -0.650. The molecule has 0 bridgehead atoms. The van der Waals surface area contributed by atoms with E-state index in [-0.39, 0.29) is 30.8 Å². The van der Waals surface area contributed by atoms with Crippen LogP contribution < -0.4 is 0 Å². The lowest BCUT2D eigenvalue weighted by Crippen LogP contribution is -2.44. The molecule has 2 aliphatic heterocycles. The largest absolute Gasteiger partial charge is 0.377 e. The van der Waals surface area contributed by atoms with Crippen molar-refractivity contribution in [3.05, 3.63) is 0 Å². The Morgan fingerprint density at radius 1 is 1.50 bits per heavy atom. The van der Waals surface area contributed by atoms with Crippen LogP contribution in [0.2, 0.25) is 0 Å². The highest BCUT2D eigenvalue weighted by Crippen LogP contribution is 2.30. The Morgan fingerprint density at radius 3 is 3.00 bits per heavy atom. The third kappa shape index (κ3) is 2.07. The van der Waals surface area contributed by atoms with Crippen LogP contribution in [0.5, 0.6) is 0 Å². The van der Waals surface area contributed by atoms with E-state index in [0.29, 0.717) is 6.54 Å². The van der Waals surface area contributed by atoms with Crippen molar-refractivity contribution >= 4 is 5.91 Å². The Balaban J connectivity index is 2.06. The molecule has 0 radical (unpaired) electrons. The van der Waals surface area contributed by atoms with Gasteiger partial charge in [0.15, 0.2) is 0 Å². The fourth-order valence-electron chi connectivity index (χ4n) is 2.61. The molecular formula is C11H19NO4. The summed E-state index contributed by atoms with van der Waals surface area (Å²) in [6, 6.07) is 0.168. The summed E-state index contributed by atoms with van der Waals surface area (Å²) in [5.41, 5.74) is 0. The summed E-state index contributed by atoms with van der Waals surface area (Å²) in [4.78, 5) is 13.7. The lowest BCUT2D eigenvalue weighted by Gasteiger charge is -2.31. The van der Waals surface area contributed by atoms with Crippen LogP contribution in [0.4, 0.5) is 0 Å². The Labute approximate surface area is 95.6 Å². The van der Waals surface area contributed by atoms with Crippen LogP contribution in [-0.2, 0) is 19.0 Å². The molecule has 2 rings (SSSR count). The van der Waals surface area contributed by atoms with E-state index in [1.54, 1.807) is 7.11 Å². The van der Waals surface area contributed by atoms with Gasteiger partial charge in [0.05, 0.1) is 6.04 Å². The first kappa shape index (κ1) is 11.8. The summed E-state index contributed by atoms with van der Waals surface area (Å²) in [7, 11) is 3.21. The average Bonchev–Trinajstić information content (AvgIpc) is 2.68. The van der Waals surface area contributed by atoms with E-state index in [4.69, 9.17) is 14.2 Å². The molecule has 5 nitrogen and oxygen atoms in total. The summed E-state index contributed by atoms with van der Waals surface area (Å²) in [6.07, 6.45) is 2.06. The van der Waals surface area contributed by atoms with Crippen molar-refractivity contribution in [2.45, 2.75) is 31.1 Å². The minimum atomic E-state index is 0.00565. The molecule has 2 aliphatic rings. The van der Waals surface area contributed by atoms with E-state index in [1.165, 1.54) is 7.11 Å². The number of carbonyl (C=O) groups excluding carboxylic acids is 1.